The highest BCUT2D eigenvalue weighted by Crippen LogP contribution is 2.32. The molecule has 0 radical (unpaired) electrons. The van der Waals surface area contributed by atoms with Crippen LogP contribution in [-0.4, -0.2) is 65.6 Å². The Hall–Kier alpha value is -3.06. The Labute approximate surface area is 248 Å². The van der Waals surface area contributed by atoms with Crippen molar-refractivity contribution in [3.63, 3.8) is 0 Å². The SMILES string of the molecule is CCn1c2ccc(Cl)cc2c2cc(CN3CCC(Oc4cccc(C(=O)NCCC5CCCN5C)c4)CC3)ccc21. The fourth-order valence-electron chi connectivity index (χ4n) is 6.71. The Kier molecular flexibility index (Phi) is 8.52. The zero-order valence-electron chi connectivity index (χ0n) is 24.2. The summed E-state index contributed by atoms with van der Waals surface area (Å²) in [7, 11) is 2.17. The van der Waals surface area contributed by atoms with Crippen molar-refractivity contribution in [2.75, 3.05) is 33.2 Å². The number of aromatic nitrogens is 1. The molecule has 41 heavy (non-hydrogen) atoms. The van der Waals surface area contributed by atoms with Gasteiger partial charge >= 0.3 is 0 Å². The van der Waals surface area contributed by atoms with E-state index >= 15 is 0 Å². The van der Waals surface area contributed by atoms with Crippen LogP contribution >= 0.6 is 11.6 Å². The molecule has 0 bridgehead atoms. The van der Waals surface area contributed by atoms with Crippen molar-refractivity contribution >= 4 is 39.3 Å². The molecule has 2 saturated heterocycles. The lowest BCUT2D eigenvalue weighted by atomic mass is 10.0. The second kappa shape index (κ2) is 12.4. The van der Waals surface area contributed by atoms with Gasteiger partial charge in [0.2, 0.25) is 0 Å². The van der Waals surface area contributed by atoms with Gasteiger partial charge in [-0.15, -0.1) is 0 Å². The van der Waals surface area contributed by atoms with Gasteiger partial charge in [-0.3, -0.25) is 9.69 Å². The first-order chi connectivity index (χ1) is 20.0. The largest absolute Gasteiger partial charge is 0.490 e. The number of hydrogen-bond donors (Lipinski definition) is 1. The number of aryl methyl sites for hydroxylation is 1. The molecule has 216 valence electrons. The van der Waals surface area contributed by atoms with E-state index in [4.69, 9.17) is 16.3 Å². The Morgan fingerprint density at radius 2 is 1.76 bits per heavy atom. The minimum absolute atomic E-state index is 0.0211. The lowest BCUT2D eigenvalue weighted by molar-refractivity contribution is 0.0934. The van der Waals surface area contributed by atoms with Crippen molar-refractivity contribution in [2.45, 2.75) is 64.3 Å². The standard InChI is InChI=1S/C34H41ClN4O2/c1-3-39-32-11-9-24(20-30(32)31-22-26(35)10-12-33(31)39)23-38-18-14-28(15-19-38)41-29-8-4-6-25(21-29)34(40)36-16-13-27-7-5-17-37(27)2/h4,6,8-12,20-22,27-28H,3,5,7,13-19,23H2,1-2H3,(H,36,40). The molecule has 0 aliphatic carbocycles. The summed E-state index contributed by atoms with van der Waals surface area (Å²) < 4.78 is 8.71. The number of benzene rings is 3. The molecule has 1 atom stereocenters. The van der Waals surface area contributed by atoms with Crippen LogP contribution in [0.2, 0.25) is 5.02 Å². The minimum Gasteiger partial charge on any atom is -0.490 e. The molecule has 2 aliphatic heterocycles. The normalized spacial score (nSPS) is 18.9. The van der Waals surface area contributed by atoms with E-state index in [1.165, 1.54) is 40.2 Å². The second-order valence-corrected chi connectivity index (χ2v) is 12.1. The highest BCUT2D eigenvalue weighted by Gasteiger charge is 2.22. The molecule has 3 heterocycles. The van der Waals surface area contributed by atoms with E-state index in [0.717, 1.165) is 62.8 Å². The average Bonchev–Trinajstić information content (AvgIpc) is 3.53. The third kappa shape index (κ3) is 6.25. The van der Waals surface area contributed by atoms with Crippen LogP contribution in [0.1, 0.15) is 54.9 Å². The van der Waals surface area contributed by atoms with E-state index < -0.39 is 0 Å². The summed E-state index contributed by atoms with van der Waals surface area (Å²) in [5.74, 6) is 0.760. The first-order valence-electron chi connectivity index (χ1n) is 15.2. The molecule has 3 aromatic carbocycles. The zero-order valence-corrected chi connectivity index (χ0v) is 25.0. The summed E-state index contributed by atoms with van der Waals surface area (Å²) in [5, 5.41) is 6.37. The maximum Gasteiger partial charge on any atom is 0.251 e. The van der Waals surface area contributed by atoms with Gasteiger partial charge in [-0.05, 0) is 107 Å². The van der Waals surface area contributed by atoms with Crippen LogP contribution in [0.4, 0.5) is 0 Å². The molecule has 4 aromatic rings. The Morgan fingerprint density at radius 1 is 0.976 bits per heavy atom. The predicted molar refractivity (Wildman–Crippen MR) is 168 cm³/mol. The van der Waals surface area contributed by atoms with Crippen LogP contribution in [0, 0.1) is 0 Å². The van der Waals surface area contributed by atoms with Crippen LogP contribution < -0.4 is 10.1 Å². The molecular weight excluding hydrogens is 532 g/mol. The molecule has 6 rings (SSSR count). The number of nitrogens with one attached hydrogen (secondary N) is 1. The van der Waals surface area contributed by atoms with Gasteiger partial charge < -0.3 is 19.5 Å². The molecule has 7 heteroatoms. The van der Waals surface area contributed by atoms with Crippen LogP contribution in [0.5, 0.6) is 5.75 Å². The van der Waals surface area contributed by atoms with E-state index in [1.54, 1.807) is 0 Å². The van der Waals surface area contributed by atoms with Gasteiger partial charge in [-0.2, -0.15) is 0 Å². The highest BCUT2D eigenvalue weighted by atomic mass is 35.5. The Morgan fingerprint density at radius 3 is 2.51 bits per heavy atom. The molecular formula is C34H41ClN4O2. The molecule has 2 fully saturated rings. The average molecular weight is 573 g/mol. The number of likely N-dealkylation sites (tertiary alicyclic amines) is 2. The van der Waals surface area contributed by atoms with Crippen LogP contribution in [0.3, 0.4) is 0 Å². The molecule has 1 amide bonds. The fraction of sp³-hybridized carbons (Fsp3) is 0.441. The summed E-state index contributed by atoms with van der Waals surface area (Å²) in [6, 6.07) is 21.3. The summed E-state index contributed by atoms with van der Waals surface area (Å²) in [5.41, 5.74) is 4.49. The van der Waals surface area contributed by atoms with E-state index in [-0.39, 0.29) is 12.0 Å². The summed E-state index contributed by atoms with van der Waals surface area (Å²) >= 11 is 6.36. The van der Waals surface area contributed by atoms with Crippen molar-refractivity contribution < 1.29 is 9.53 Å². The number of carbonyl (C=O) groups excluding carboxylic acids is 1. The molecule has 1 N–H and O–H groups in total. The predicted octanol–water partition coefficient (Wildman–Crippen LogP) is 6.73. The number of amides is 1. The van der Waals surface area contributed by atoms with Crippen molar-refractivity contribution in [1.82, 2.24) is 19.7 Å². The summed E-state index contributed by atoms with van der Waals surface area (Å²) in [6.07, 6.45) is 5.58. The first-order valence-corrected chi connectivity index (χ1v) is 15.5. The van der Waals surface area contributed by atoms with Crippen molar-refractivity contribution in [3.8, 4) is 5.75 Å². The topological polar surface area (TPSA) is 49.7 Å². The van der Waals surface area contributed by atoms with Crippen molar-refractivity contribution in [3.05, 3.63) is 76.8 Å². The number of carbonyl (C=O) groups is 1. The summed E-state index contributed by atoms with van der Waals surface area (Å²) in [6.45, 7) is 7.89. The number of nitrogens with zero attached hydrogens (tertiary/aromatic N) is 3. The van der Waals surface area contributed by atoms with E-state index in [2.05, 4.69) is 64.0 Å². The maximum absolute atomic E-state index is 12.8. The molecule has 6 nitrogen and oxygen atoms in total. The Balaban J connectivity index is 1.02. The molecule has 2 aliphatic rings. The molecule has 0 saturated carbocycles. The minimum atomic E-state index is -0.0211. The number of piperidine rings is 1. The van der Waals surface area contributed by atoms with E-state index in [1.807, 2.05) is 30.3 Å². The lowest BCUT2D eigenvalue weighted by Crippen LogP contribution is -2.37. The third-order valence-electron chi connectivity index (χ3n) is 8.98. The third-order valence-corrected chi connectivity index (χ3v) is 9.22. The number of fused-ring (bicyclic) bond motifs is 3. The number of hydrogen-bond acceptors (Lipinski definition) is 4. The zero-order chi connectivity index (χ0) is 28.3. The molecule has 1 aromatic heterocycles. The van der Waals surface area contributed by atoms with Crippen molar-refractivity contribution in [2.24, 2.45) is 0 Å². The van der Waals surface area contributed by atoms with E-state index in [0.29, 0.717) is 18.2 Å². The van der Waals surface area contributed by atoms with Gasteiger partial charge in [0.15, 0.2) is 0 Å². The number of halogens is 1. The lowest BCUT2D eigenvalue weighted by Gasteiger charge is -2.32. The van der Waals surface area contributed by atoms with Gasteiger partial charge in [0.05, 0.1) is 0 Å². The van der Waals surface area contributed by atoms with Crippen LogP contribution in [0.25, 0.3) is 21.8 Å². The van der Waals surface area contributed by atoms with Gasteiger partial charge in [0.1, 0.15) is 11.9 Å². The smallest absolute Gasteiger partial charge is 0.251 e. The fourth-order valence-corrected chi connectivity index (χ4v) is 6.88. The Bertz CT molecular complexity index is 1520. The number of rotatable bonds is 9. The maximum atomic E-state index is 12.8. The molecule has 1 unspecified atom stereocenters. The first kappa shape index (κ1) is 28.1. The summed E-state index contributed by atoms with van der Waals surface area (Å²) in [4.78, 5) is 17.7. The van der Waals surface area contributed by atoms with Gasteiger partial charge in [0.25, 0.3) is 5.91 Å². The highest BCUT2D eigenvalue weighted by molar-refractivity contribution is 6.31. The monoisotopic (exact) mass is 572 g/mol. The van der Waals surface area contributed by atoms with Gasteiger partial charge in [0, 0.05) is 71.2 Å². The van der Waals surface area contributed by atoms with Crippen LogP contribution in [-0.2, 0) is 13.1 Å². The van der Waals surface area contributed by atoms with Gasteiger partial charge in [-0.1, -0.05) is 23.7 Å². The molecule has 0 spiro atoms. The second-order valence-electron chi connectivity index (χ2n) is 11.7. The van der Waals surface area contributed by atoms with Crippen molar-refractivity contribution in [1.29, 1.82) is 0 Å². The quantitative estimate of drug-likeness (QED) is 0.242. The number of ether oxygens (including phenoxy) is 1. The van der Waals surface area contributed by atoms with E-state index in [9.17, 15) is 4.79 Å². The van der Waals surface area contributed by atoms with Crippen LogP contribution in [0.15, 0.2) is 60.7 Å². The van der Waals surface area contributed by atoms with Gasteiger partial charge in [-0.25, -0.2) is 0 Å².